The highest BCUT2D eigenvalue weighted by Gasteiger charge is 2.28. The van der Waals surface area contributed by atoms with Gasteiger partial charge in [0.05, 0.1) is 0 Å². The summed E-state index contributed by atoms with van der Waals surface area (Å²) >= 11 is 1.91. The van der Waals surface area contributed by atoms with Crippen molar-refractivity contribution in [3.8, 4) is 0 Å². The Morgan fingerprint density at radius 2 is 1.56 bits per heavy atom. The van der Waals surface area contributed by atoms with Crippen LogP contribution in [0.3, 0.4) is 0 Å². The van der Waals surface area contributed by atoms with E-state index in [0.717, 1.165) is 0 Å². The summed E-state index contributed by atoms with van der Waals surface area (Å²) in [5, 5.41) is 0.525. The maximum absolute atomic E-state index is 3.99. The van der Waals surface area contributed by atoms with E-state index in [-0.39, 0.29) is 10.8 Å². The minimum Gasteiger partial charge on any atom is -0.157 e. The molecule has 0 spiro atoms. The van der Waals surface area contributed by atoms with E-state index in [2.05, 4.69) is 72.6 Å². The molecule has 0 amide bonds. The van der Waals surface area contributed by atoms with E-state index in [9.17, 15) is 0 Å². The normalized spacial score (nSPS) is 17.4. The first-order valence-corrected chi connectivity index (χ1v) is 7.25. The van der Waals surface area contributed by atoms with Gasteiger partial charge in [0, 0.05) is 5.25 Å². The summed E-state index contributed by atoms with van der Waals surface area (Å²) in [4.78, 5) is 0. The molecule has 94 valence electrons. The number of rotatable bonds is 4. The lowest BCUT2D eigenvalue weighted by Crippen LogP contribution is -2.27. The average molecular weight is 240 g/mol. The van der Waals surface area contributed by atoms with E-state index >= 15 is 0 Å². The highest BCUT2D eigenvalue weighted by Crippen LogP contribution is 2.35. The van der Waals surface area contributed by atoms with Crippen molar-refractivity contribution in [1.29, 1.82) is 0 Å². The Hall–Kier alpha value is -0.170. The maximum Gasteiger partial charge on any atom is 0.0292 e. The van der Waals surface area contributed by atoms with Crippen molar-refractivity contribution in [2.75, 3.05) is 6.26 Å². The largest absolute Gasteiger partial charge is 0.157 e. The molecule has 0 aromatic heterocycles. The fourth-order valence-electron chi connectivity index (χ4n) is 1.71. The molecule has 0 nitrogen and oxygen atoms in total. The van der Waals surface area contributed by atoms with E-state index in [1.54, 1.807) is 0 Å². The Kier molecular flexibility index (Phi) is 5.89. The molecule has 1 heteroatoms. The number of hydrogen-bond donors (Lipinski definition) is 0. The van der Waals surface area contributed by atoms with Gasteiger partial charge in [-0.3, -0.25) is 0 Å². The third-order valence-corrected chi connectivity index (χ3v) is 3.66. The highest BCUT2D eigenvalue weighted by molar-refractivity contribution is 7.99. The van der Waals surface area contributed by atoms with Gasteiger partial charge in [-0.25, -0.2) is 0 Å². The summed E-state index contributed by atoms with van der Waals surface area (Å²) in [6, 6.07) is 0. The summed E-state index contributed by atoms with van der Waals surface area (Å²) in [6.07, 6.45) is 8.95. The van der Waals surface area contributed by atoms with Crippen LogP contribution in [0.5, 0.6) is 0 Å². The van der Waals surface area contributed by atoms with Crippen LogP contribution in [0.1, 0.15) is 41.5 Å². The monoisotopic (exact) mass is 240 g/mol. The fourth-order valence-corrected chi connectivity index (χ4v) is 2.76. The Labute approximate surface area is 107 Å². The van der Waals surface area contributed by atoms with Crippen LogP contribution < -0.4 is 0 Å². The van der Waals surface area contributed by atoms with Crippen molar-refractivity contribution in [1.82, 2.24) is 0 Å². The molecule has 0 aliphatic heterocycles. The Morgan fingerprint density at radius 3 is 1.81 bits per heavy atom. The molecule has 0 fully saturated rings. The molecule has 16 heavy (non-hydrogen) atoms. The topological polar surface area (TPSA) is 0 Å². The maximum atomic E-state index is 3.99. The van der Waals surface area contributed by atoms with E-state index in [4.69, 9.17) is 0 Å². The van der Waals surface area contributed by atoms with Gasteiger partial charge in [0.25, 0.3) is 0 Å². The SMILES string of the molecule is C=C[C@H]([C@H](/C=C/C(C)(C)C)SC)C(C)(C)C. The van der Waals surface area contributed by atoms with Gasteiger partial charge in [-0.05, 0) is 23.0 Å². The third-order valence-electron chi connectivity index (χ3n) is 2.67. The van der Waals surface area contributed by atoms with Gasteiger partial charge < -0.3 is 0 Å². The Bertz CT molecular complexity index is 237. The molecule has 0 aromatic rings. The zero-order valence-electron chi connectivity index (χ0n) is 12.0. The average Bonchev–Trinajstić information content (AvgIpc) is 2.08. The smallest absolute Gasteiger partial charge is 0.0292 e. The molecule has 0 saturated heterocycles. The molecule has 0 rings (SSSR count). The van der Waals surface area contributed by atoms with Crippen LogP contribution in [-0.2, 0) is 0 Å². The van der Waals surface area contributed by atoms with Gasteiger partial charge in [0.1, 0.15) is 0 Å². The molecule has 0 radical (unpaired) electrons. The van der Waals surface area contributed by atoms with Crippen LogP contribution in [0.25, 0.3) is 0 Å². The van der Waals surface area contributed by atoms with Gasteiger partial charge in [0.2, 0.25) is 0 Å². The lowest BCUT2D eigenvalue weighted by Gasteiger charge is -2.33. The first-order valence-electron chi connectivity index (χ1n) is 5.96. The van der Waals surface area contributed by atoms with E-state index < -0.39 is 0 Å². The van der Waals surface area contributed by atoms with Crippen LogP contribution in [0.4, 0.5) is 0 Å². The zero-order chi connectivity index (χ0) is 13.0. The fraction of sp³-hybridized carbons (Fsp3) is 0.733. The van der Waals surface area contributed by atoms with Gasteiger partial charge >= 0.3 is 0 Å². The molecule has 0 aliphatic rings. The number of hydrogen-bond acceptors (Lipinski definition) is 1. The van der Waals surface area contributed by atoms with Gasteiger partial charge in [-0.2, -0.15) is 11.8 Å². The van der Waals surface area contributed by atoms with Crippen molar-refractivity contribution in [3.05, 3.63) is 24.8 Å². The zero-order valence-corrected chi connectivity index (χ0v) is 12.8. The highest BCUT2D eigenvalue weighted by atomic mass is 32.2. The Balaban J connectivity index is 4.85. The summed E-state index contributed by atoms with van der Waals surface area (Å²) in [7, 11) is 0. The standard InChI is InChI=1S/C15H28S/c1-9-12(15(5,6)7)13(16-8)10-11-14(2,3)4/h9-13H,1H2,2-8H3/b11-10+/t12-,13+/m1/s1. The van der Waals surface area contributed by atoms with E-state index in [1.165, 1.54) is 0 Å². The minimum atomic E-state index is 0.261. The molecule has 2 atom stereocenters. The summed E-state index contributed by atoms with van der Waals surface area (Å²) in [5.74, 6) is 0.515. The van der Waals surface area contributed by atoms with Crippen LogP contribution in [0, 0.1) is 16.7 Å². The molecular weight excluding hydrogens is 212 g/mol. The van der Waals surface area contributed by atoms with Crippen molar-refractivity contribution >= 4 is 11.8 Å². The molecule has 0 saturated carbocycles. The van der Waals surface area contributed by atoms with E-state index in [0.29, 0.717) is 11.2 Å². The van der Waals surface area contributed by atoms with E-state index in [1.807, 2.05) is 11.8 Å². The summed E-state index contributed by atoms with van der Waals surface area (Å²) in [6.45, 7) is 17.6. The second kappa shape index (κ2) is 5.95. The molecule has 0 heterocycles. The second-order valence-corrected chi connectivity index (χ2v) is 7.57. The minimum absolute atomic E-state index is 0.261. The predicted molar refractivity (Wildman–Crippen MR) is 79.0 cm³/mol. The third kappa shape index (κ3) is 5.79. The predicted octanol–water partition coefficient (Wildman–Crippen LogP) is 5.17. The summed E-state index contributed by atoms with van der Waals surface area (Å²) in [5.41, 5.74) is 0.537. The van der Waals surface area contributed by atoms with Crippen LogP contribution in [0.15, 0.2) is 24.8 Å². The van der Waals surface area contributed by atoms with Gasteiger partial charge in [-0.15, -0.1) is 6.58 Å². The van der Waals surface area contributed by atoms with Gasteiger partial charge in [-0.1, -0.05) is 59.8 Å². The second-order valence-electron chi connectivity index (χ2n) is 6.55. The summed E-state index contributed by atoms with van der Waals surface area (Å²) < 4.78 is 0. The van der Waals surface area contributed by atoms with Crippen molar-refractivity contribution in [3.63, 3.8) is 0 Å². The quantitative estimate of drug-likeness (QED) is 0.611. The van der Waals surface area contributed by atoms with Crippen molar-refractivity contribution in [2.24, 2.45) is 16.7 Å². The molecular formula is C15H28S. The molecule has 0 aromatic carbocycles. The molecule has 0 bridgehead atoms. The number of allylic oxidation sites excluding steroid dienone is 2. The molecule has 0 aliphatic carbocycles. The molecule has 0 unspecified atom stereocenters. The van der Waals surface area contributed by atoms with Crippen molar-refractivity contribution in [2.45, 2.75) is 46.8 Å². The van der Waals surface area contributed by atoms with Crippen LogP contribution in [-0.4, -0.2) is 11.5 Å². The lowest BCUT2D eigenvalue weighted by molar-refractivity contribution is 0.300. The Morgan fingerprint density at radius 1 is 1.06 bits per heavy atom. The van der Waals surface area contributed by atoms with Crippen LogP contribution in [0.2, 0.25) is 0 Å². The van der Waals surface area contributed by atoms with Gasteiger partial charge in [0.15, 0.2) is 0 Å². The lowest BCUT2D eigenvalue weighted by atomic mass is 9.78. The number of thioether (sulfide) groups is 1. The first kappa shape index (κ1) is 15.8. The van der Waals surface area contributed by atoms with Crippen molar-refractivity contribution < 1.29 is 0 Å². The van der Waals surface area contributed by atoms with Crippen LogP contribution >= 0.6 is 11.8 Å². The molecule has 0 N–H and O–H groups in total. The first-order chi connectivity index (χ1) is 7.11.